The summed E-state index contributed by atoms with van der Waals surface area (Å²) < 4.78 is 13.1. The van der Waals surface area contributed by atoms with Crippen molar-refractivity contribution in [2.24, 2.45) is 0 Å². The van der Waals surface area contributed by atoms with Crippen molar-refractivity contribution in [3.8, 4) is 0 Å². The normalized spacial score (nSPS) is 19.9. The van der Waals surface area contributed by atoms with Crippen LogP contribution >= 0.6 is 11.6 Å². The Labute approximate surface area is 209 Å². The fourth-order valence-electron chi connectivity index (χ4n) is 4.43. The Hall–Kier alpha value is -3.26. The molecule has 0 saturated carbocycles. The van der Waals surface area contributed by atoms with E-state index in [0.29, 0.717) is 36.7 Å². The molecule has 8 heteroatoms. The van der Waals surface area contributed by atoms with Gasteiger partial charge in [0.1, 0.15) is 11.7 Å². The van der Waals surface area contributed by atoms with Gasteiger partial charge in [0.2, 0.25) is 5.91 Å². The Morgan fingerprint density at radius 1 is 1.06 bits per heavy atom. The number of nitrogens with zero attached hydrogens (tertiary/aromatic N) is 2. The van der Waals surface area contributed by atoms with Crippen molar-refractivity contribution >= 4 is 23.2 Å². The lowest BCUT2D eigenvalue weighted by Crippen LogP contribution is -2.56. The maximum atomic E-state index is 12.2. The lowest BCUT2D eigenvalue weighted by Gasteiger charge is -2.47. The minimum atomic E-state index is -0.840. The second-order valence-electron chi connectivity index (χ2n) is 8.61. The molecule has 1 saturated heterocycles. The molecular weight excluding hydrogens is 468 g/mol. The van der Waals surface area contributed by atoms with E-state index in [1.807, 2.05) is 54.6 Å². The molecule has 0 aliphatic carbocycles. The van der Waals surface area contributed by atoms with Crippen LogP contribution in [0.15, 0.2) is 78.9 Å². The van der Waals surface area contributed by atoms with Gasteiger partial charge >= 0.3 is 0 Å². The Morgan fingerprint density at radius 2 is 1.77 bits per heavy atom. The molecule has 0 spiro atoms. The van der Waals surface area contributed by atoms with Gasteiger partial charge in [0.25, 0.3) is 5.69 Å². The molecule has 1 fully saturated rings. The molecule has 0 bridgehead atoms. The lowest BCUT2D eigenvalue weighted by atomic mass is 9.81. The van der Waals surface area contributed by atoms with E-state index in [4.69, 9.17) is 21.1 Å². The fourth-order valence-corrected chi connectivity index (χ4v) is 4.55. The third kappa shape index (κ3) is 5.88. The molecule has 4 rings (SSSR count). The highest BCUT2D eigenvalue weighted by molar-refractivity contribution is 6.30. The number of hydrogen-bond donors (Lipinski definition) is 0. The summed E-state index contributed by atoms with van der Waals surface area (Å²) in [6.07, 6.45) is 0.0185. The van der Waals surface area contributed by atoms with E-state index in [9.17, 15) is 14.9 Å². The summed E-state index contributed by atoms with van der Waals surface area (Å²) in [5.74, 6) is -0.0401. The average Bonchev–Trinajstić information content (AvgIpc) is 2.87. The Morgan fingerprint density at radius 3 is 2.46 bits per heavy atom. The maximum absolute atomic E-state index is 12.2. The van der Waals surface area contributed by atoms with Crippen LogP contribution in [0.4, 0.5) is 5.69 Å². The number of hydrogen-bond acceptors (Lipinski definition) is 5. The first-order valence-corrected chi connectivity index (χ1v) is 11.8. The predicted octanol–water partition coefficient (Wildman–Crippen LogP) is 5.50. The third-order valence-electron chi connectivity index (χ3n) is 6.35. The second kappa shape index (κ2) is 11.0. The van der Waals surface area contributed by atoms with Crippen LogP contribution in [0.5, 0.6) is 0 Å². The zero-order valence-corrected chi connectivity index (χ0v) is 20.2. The highest BCUT2D eigenvalue weighted by atomic mass is 35.5. The number of carbonyl (C=O) groups is 1. The van der Waals surface area contributed by atoms with Gasteiger partial charge in [0.15, 0.2) is 0 Å². The van der Waals surface area contributed by atoms with Gasteiger partial charge in [-0.25, -0.2) is 0 Å². The van der Waals surface area contributed by atoms with E-state index in [2.05, 4.69) is 0 Å². The number of carbonyl (C=O) groups excluding carboxylic acids is 1. The first-order chi connectivity index (χ1) is 16.9. The number of benzene rings is 3. The van der Waals surface area contributed by atoms with Crippen LogP contribution in [0, 0.1) is 10.1 Å². The topological polar surface area (TPSA) is 81.9 Å². The van der Waals surface area contributed by atoms with E-state index in [1.165, 1.54) is 19.1 Å². The minimum absolute atomic E-state index is 0.00407. The van der Waals surface area contributed by atoms with Crippen molar-refractivity contribution < 1.29 is 19.2 Å². The monoisotopic (exact) mass is 494 g/mol. The van der Waals surface area contributed by atoms with Crippen LogP contribution in [-0.2, 0) is 33.1 Å². The Kier molecular flexibility index (Phi) is 7.80. The van der Waals surface area contributed by atoms with Crippen LogP contribution in [0.1, 0.15) is 30.0 Å². The summed E-state index contributed by atoms with van der Waals surface area (Å²) in [4.78, 5) is 24.8. The molecule has 0 aromatic heterocycles. The van der Waals surface area contributed by atoms with Gasteiger partial charge in [-0.1, -0.05) is 66.2 Å². The largest absolute Gasteiger partial charge is 0.368 e. The van der Waals surface area contributed by atoms with Crippen molar-refractivity contribution in [3.05, 3.63) is 111 Å². The lowest BCUT2D eigenvalue weighted by molar-refractivity contribution is -0.385. The minimum Gasteiger partial charge on any atom is -0.368 e. The number of ether oxygens (including phenoxy) is 2. The van der Waals surface area contributed by atoms with Crippen molar-refractivity contribution in [2.75, 3.05) is 13.1 Å². The molecule has 35 heavy (non-hydrogen) atoms. The molecule has 1 aliphatic heterocycles. The fraction of sp³-hybridized carbons (Fsp3) is 0.296. The smallest absolute Gasteiger partial charge is 0.269 e. The molecule has 1 aliphatic rings. The molecule has 2 atom stereocenters. The number of amides is 1. The van der Waals surface area contributed by atoms with Crippen molar-refractivity contribution in [1.29, 1.82) is 0 Å². The summed E-state index contributed by atoms with van der Waals surface area (Å²) in [5.41, 5.74) is 1.77. The predicted molar refractivity (Wildman–Crippen MR) is 133 cm³/mol. The number of likely N-dealkylation sites (tertiary alicyclic amines) is 1. The summed E-state index contributed by atoms with van der Waals surface area (Å²) in [5, 5.41) is 11.8. The van der Waals surface area contributed by atoms with Crippen molar-refractivity contribution in [1.82, 2.24) is 4.90 Å². The molecule has 1 amide bonds. The number of piperidine rings is 1. The first-order valence-electron chi connectivity index (χ1n) is 11.4. The molecule has 3 aromatic rings. The third-order valence-corrected chi connectivity index (χ3v) is 6.60. The van der Waals surface area contributed by atoms with Gasteiger partial charge in [-0.2, -0.15) is 0 Å². The zero-order valence-electron chi connectivity index (χ0n) is 19.4. The van der Waals surface area contributed by atoms with Gasteiger partial charge in [-0.3, -0.25) is 14.9 Å². The zero-order chi connectivity index (χ0) is 24.8. The van der Waals surface area contributed by atoms with Gasteiger partial charge in [0.05, 0.1) is 24.7 Å². The van der Waals surface area contributed by atoms with E-state index >= 15 is 0 Å². The summed E-state index contributed by atoms with van der Waals surface area (Å²) >= 11 is 6.17. The second-order valence-corrected chi connectivity index (χ2v) is 9.05. The van der Waals surface area contributed by atoms with Crippen LogP contribution < -0.4 is 0 Å². The first kappa shape index (κ1) is 24.9. The van der Waals surface area contributed by atoms with Gasteiger partial charge in [-0.05, 0) is 28.8 Å². The molecule has 3 aromatic carbocycles. The average molecular weight is 495 g/mol. The Bertz CT molecular complexity index is 1170. The molecule has 0 N–H and O–H groups in total. The van der Waals surface area contributed by atoms with Gasteiger partial charge < -0.3 is 14.4 Å². The number of nitro benzene ring substituents is 1. The van der Waals surface area contributed by atoms with E-state index in [1.54, 1.807) is 17.0 Å². The number of rotatable bonds is 8. The van der Waals surface area contributed by atoms with Crippen LogP contribution in [0.25, 0.3) is 0 Å². The van der Waals surface area contributed by atoms with E-state index in [-0.39, 0.29) is 18.2 Å². The van der Waals surface area contributed by atoms with Crippen molar-refractivity contribution in [2.45, 2.75) is 38.3 Å². The highest BCUT2D eigenvalue weighted by Gasteiger charge is 2.47. The Balaban J connectivity index is 1.67. The standard InChI is InChI=1S/C27H27ClN2O5/c1-20(31)29-15-14-27(23-10-12-24(28)13-11-23,35-19-21-6-3-2-4-7-21)26(17-29)34-18-22-8-5-9-25(16-22)30(32)33/h2-13,16,26H,14-15,17-19H2,1H3. The molecular formula is C27H27ClN2O5. The van der Waals surface area contributed by atoms with Crippen LogP contribution in [0.3, 0.4) is 0 Å². The van der Waals surface area contributed by atoms with Gasteiger partial charge in [-0.15, -0.1) is 0 Å². The van der Waals surface area contributed by atoms with Crippen LogP contribution in [-0.4, -0.2) is 34.9 Å². The quantitative estimate of drug-likeness (QED) is 0.305. The SMILES string of the molecule is CC(=O)N1CCC(OCc2ccccc2)(c2ccc(Cl)cc2)C(OCc2cccc([N+](=O)[O-])c2)C1. The highest BCUT2D eigenvalue weighted by Crippen LogP contribution is 2.40. The van der Waals surface area contributed by atoms with Crippen molar-refractivity contribution in [3.63, 3.8) is 0 Å². The molecule has 182 valence electrons. The maximum Gasteiger partial charge on any atom is 0.269 e. The summed E-state index contributed by atoms with van der Waals surface area (Å²) in [6.45, 7) is 2.89. The van der Waals surface area contributed by atoms with Gasteiger partial charge in [0, 0.05) is 37.0 Å². The molecule has 7 nitrogen and oxygen atoms in total. The molecule has 0 radical (unpaired) electrons. The summed E-state index contributed by atoms with van der Waals surface area (Å²) in [6, 6.07) is 23.7. The number of non-ortho nitro benzene ring substituents is 1. The number of nitro groups is 1. The molecule has 2 unspecified atom stereocenters. The molecule has 1 heterocycles. The van der Waals surface area contributed by atoms with E-state index in [0.717, 1.165) is 11.1 Å². The summed E-state index contributed by atoms with van der Waals surface area (Å²) in [7, 11) is 0. The van der Waals surface area contributed by atoms with Crippen LogP contribution in [0.2, 0.25) is 5.02 Å². The van der Waals surface area contributed by atoms with E-state index < -0.39 is 16.6 Å². The number of halogens is 1.